The van der Waals surface area contributed by atoms with Crippen LogP contribution in [0.3, 0.4) is 0 Å². The lowest BCUT2D eigenvalue weighted by atomic mass is 10.0. The molecule has 4 heteroatoms. The van der Waals surface area contributed by atoms with Crippen LogP contribution in [0, 0.1) is 0 Å². The first-order chi connectivity index (χ1) is 9.19. The summed E-state index contributed by atoms with van der Waals surface area (Å²) in [5, 5.41) is 0. The van der Waals surface area contributed by atoms with Crippen molar-refractivity contribution < 1.29 is 0 Å². The molecule has 0 aliphatic rings. The number of nitrogens with zero attached hydrogens (tertiary/aromatic N) is 1. The molecule has 2 nitrogen and oxygen atoms in total. The van der Waals surface area contributed by atoms with Crippen LogP contribution in [0.5, 0.6) is 0 Å². The van der Waals surface area contributed by atoms with Crippen molar-refractivity contribution in [3.63, 3.8) is 0 Å². The maximum absolute atomic E-state index is 6.23. The highest BCUT2D eigenvalue weighted by Gasteiger charge is 2.08. The van der Waals surface area contributed by atoms with Crippen molar-refractivity contribution in [2.24, 2.45) is 5.73 Å². The van der Waals surface area contributed by atoms with Crippen molar-refractivity contribution in [2.75, 3.05) is 5.75 Å². The van der Waals surface area contributed by atoms with Crippen molar-refractivity contribution in [1.29, 1.82) is 0 Å². The molecular formula is C15H17BrN2S. The van der Waals surface area contributed by atoms with E-state index in [0.29, 0.717) is 0 Å². The third-order valence-corrected chi connectivity index (χ3v) is 4.20. The SMILES string of the molecule is CCSc1ccc(C(N)Cc2ccc(Br)cn2)cc1. The minimum absolute atomic E-state index is 0.00523. The first-order valence-corrected chi connectivity index (χ1v) is 8.05. The molecule has 1 unspecified atom stereocenters. The van der Waals surface area contributed by atoms with E-state index in [0.717, 1.165) is 27.9 Å². The largest absolute Gasteiger partial charge is 0.324 e. The van der Waals surface area contributed by atoms with Gasteiger partial charge >= 0.3 is 0 Å². The first-order valence-electron chi connectivity index (χ1n) is 6.28. The summed E-state index contributed by atoms with van der Waals surface area (Å²) in [5.74, 6) is 1.09. The monoisotopic (exact) mass is 336 g/mol. The van der Waals surface area contributed by atoms with Crippen LogP contribution in [0.1, 0.15) is 24.2 Å². The Labute approximate surface area is 126 Å². The molecule has 2 rings (SSSR count). The summed E-state index contributed by atoms with van der Waals surface area (Å²) in [7, 11) is 0. The highest BCUT2D eigenvalue weighted by molar-refractivity contribution is 9.10. The van der Waals surface area contributed by atoms with Crippen molar-refractivity contribution in [1.82, 2.24) is 4.98 Å². The van der Waals surface area contributed by atoms with Crippen LogP contribution >= 0.6 is 27.7 Å². The van der Waals surface area contributed by atoms with Gasteiger partial charge in [0.25, 0.3) is 0 Å². The lowest BCUT2D eigenvalue weighted by molar-refractivity contribution is 0.705. The molecule has 0 radical (unpaired) electrons. The number of halogens is 1. The molecule has 0 fully saturated rings. The van der Waals surface area contributed by atoms with Crippen LogP contribution in [-0.2, 0) is 6.42 Å². The number of pyridine rings is 1. The van der Waals surface area contributed by atoms with Gasteiger partial charge in [-0.1, -0.05) is 19.1 Å². The molecule has 0 saturated carbocycles. The van der Waals surface area contributed by atoms with E-state index in [1.54, 1.807) is 0 Å². The molecule has 100 valence electrons. The lowest BCUT2D eigenvalue weighted by Gasteiger charge is -2.12. The summed E-state index contributed by atoms with van der Waals surface area (Å²) in [4.78, 5) is 5.65. The number of rotatable bonds is 5. The molecule has 19 heavy (non-hydrogen) atoms. The highest BCUT2D eigenvalue weighted by atomic mass is 79.9. The van der Waals surface area contributed by atoms with Gasteiger partial charge in [-0.05, 0) is 51.5 Å². The van der Waals surface area contributed by atoms with Crippen LogP contribution in [0.25, 0.3) is 0 Å². The van der Waals surface area contributed by atoms with E-state index in [4.69, 9.17) is 5.73 Å². The summed E-state index contributed by atoms with van der Waals surface area (Å²) in [6.07, 6.45) is 2.57. The number of hydrogen-bond acceptors (Lipinski definition) is 3. The predicted octanol–water partition coefficient (Wildman–Crippen LogP) is 4.20. The van der Waals surface area contributed by atoms with Crippen LogP contribution in [0.15, 0.2) is 52.0 Å². The van der Waals surface area contributed by atoms with Gasteiger partial charge in [0, 0.05) is 33.7 Å². The Balaban J connectivity index is 2.02. The summed E-state index contributed by atoms with van der Waals surface area (Å²) < 4.78 is 0.991. The van der Waals surface area contributed by atoms with Crippen LogP contribution in [0.2, 0.25) is 0 Å². The minimum atomic E-state index is -0.00523. The molecule has 0 spiro atoms. The normalized spacial score (nSPS) is 12.4. The molecule has 0 amide bonds. The molecule has 0 bridgehead atoms. The quantitative estimate of drug-likeness (QED) is 0.831. The number of hydrogen-bond donors (Lipinski definition) is 1. The van der Waals surface area contributed by atoms with Crippen molar-refractivity contribution >= 4 is 27.7 Å². The van der Waals surface area contributed by atoms with E-state index < -0.39 is 0 Å². The van der Waals surface area contributed by atoms with E-state index in [9.17, 15) is 0 Å². The fourth-order valence-corrected chi connectivity index (χ4v) is 2.74. The highest BCUT2D eigenvalue weighted by Crippen LogP contribution is 2.21. The average Bonchev–Trinajstić information content (AvgIpc) is 2.42. The second-order valence-corrected chi connectivity index (χ2v) is 6.53. The Morgan fingerprint density at radius 3 is 2.53 bits per heavy atom. The first kappa shape index (κ1) is 14.6. The van der Waals surface area contributed by atoms with Crippen molar-refractivity contribution in [2.45, 2.75) is 24.3 Å². The summed E-state index contributed by atoms with van der Waals surface area (Å²) in [6.45, 7) is 2.16. The Morgan fingerprint density at radius 1 is 1.21 bits per heavy atom. The smallest absolute Gasteiger partial charge is 0.0423 e. The van der Waals surface area contributed by atoms with E-state index in [1.165, 1.54) is 4.90 Å². The molecular weight excluding hydrogens is 320 g/mol. The molecule has 0 aliphatic carbocycles. The van der Waals surface area contributed by atoms with Gasteiger partial charge in [0.05, 0.1) is 0 Å². The van der Waals surface area contributed by atoms with Crippen molar-refractivity contribution in [3.05, 3.63) is 58.3 Å². The number of thioether (sulfide) groups is 1. The van der Waals surface area contributed by atoms with E-state index in [2.05, 4.69) is 52.1 Å². The number of aromatic nitrogens is 1. The molecule has 1 heterocycles. The van der Waals surface area contributed by atoms with Gasteiger partial charge in [-0.3, -0.25) is 4.98 Å². The molecule has 1 atom stereocenters. The number of nitrogens with two attached hydrogens (primary N) is 1. The van der Waals surface area contributed by atoms with Crippen LogP contribution in [-0.4, -0.2) is 10.7 Å². The van der Waals surface area contributed by atoms with Gasteiger partial charge in [-0.2, -0.15) is 0 Å². The van der Waals surface area contributed by atoms with Gasteiger partial charge in [-0.25, -0.2) is 0 Å². The third-order valence-electron chi connectivity index (χ3n) is 2.84. The molecule has 0 aliphatic heterocycles. The minimum Gasteiger partial charge on any atom is -0.324 e. The average molecular weight is 337 g/mol. The van der Waals surface area contributed by atoms with E-state index in [1.807, 2.05) is 30.1 Å². The third kappa shape index (κ3) is 4.34. The Kier molecular flexibility index (Phi) is 5.43. The topological polar surface area (TPSA) is 38.9 Å². The Bertz CT molecular complexity index is 511. The van der Waals surface area contributed by atoms with Gasteiger partial charge in [0.2, 0.25) is 0 Å². The predicted molar refractivity (Wildman–Crippen MR) is 85.4 cm³/mol. The molecule has 2 aromatic rings. The summed E-state index contributed by atoms with van der Waals surface area (Å²) >= 11 is 5.23. The fourth-order valence-electron chi connectivity index (χ4n) is 1.85. The molecule has 1 aromatic carbocycles. The lowest BCUT2D eigenvalue weighted by Crippen LogP contribution is -2.13. The maximum atomic E-state index is 6.23. The molecule has 0 saturated heterocycles. The second kappa shape index (κ2) is 7.08. The zero-order chi connectivity index (χ0) is 13.7. The van der Waals surface area contributed by atoms with E-state index >= 15 is 0 Å². The second-order valence-electron chi connectivity index (χ2n) is 4.28. The van der Waals surface area contributed by atoms with Gasteiger partial charge in [0.15, 0.2) is 0 Å². The van der Waals surface area contributed by atoms with Crippen LogP contribution in [0.4, 0.5) is 0 Å². The van der Waals surface area contributed by atoms with E-state index in [-0.39, 0.29) is 6.04 Å². The maximum Gasteiger partial charge on any atom is 0.0423 e. The van der Waals surface area contributed by atoms with Crippen molar-refractivity contribution in [3.8, 4) is 0 Å². The van der Waals surface area contributed by atoms with Crippen LogP contribution < -0.4 is 5.73 Å². The number of benzene rings is 1. The summed E-state index contributed by atoms with van der Waals surface area (Å²) in [6, 6.07) is 12.5. The molecule has 2 N–H and O–H groups in total. The molecule has 1 aromatic heterocycles. The van der Waals surface area contributed by atoms with Gasteiger partial charge in [0.1, 0.15) is 0 Å². The fraction of sp³-hybridized carbons (Fsp3) is 0.267. The standard InChI is InChI=1S/C15H17BrN2S/c1-2-19-14-7-3-11(4-8-14)15(17)9-13-6-5-12(16)10-18-13/h3-8,10,15H,2,9,17H2,1H3. The Hall–Kier alpha value is -0.840. The zero-order valence-corrected chi connectivity index (χ0v) is 13.2. The van der Waals surface area contributed by atoms with Gasteiger partial charge < -0.3 is 5.73 Å². The Morgan fingerprint density at radius 2 is 1.95 bits per heavy atom. The van der Waals surface area contributed by atoms with Gasteiger partial charge in [-0.15, -0.1) is 11.8 Å². The zero-order valence-electron chi connectivity index (χ0n) is 10.8. The summed E-state index contributed by atoms with van der Waals surface area (Å²) in [5.41, 5.74) is 8.40.